The molecule has 84 valence electrons. The van der Waals surface area contributed by atoms with Crippen LogP contribution in [0.25, 0.3) is 10.9 Å². The van der Waals surface area contributed by atoms with E-state index < -0.39 is 0 Å². The molecule has 0 spiro atoms. The molecule has 0 aliphatic carbocycles. The van der Waals surface area contributed by atoms with Gasteiger partial charge >= 0.3 is 0 Å². The van der Waals surface area contributed by atoms with Crippen molar-refractivity contribution in [1.82, 2.24) is 4.98 Å². The largest absolute Gasteiger partial charge is 0.361 e. The molecule has 0 fully saturated rings. The number of aryl methyl sites for hydroxylation is 1. The number of rotatable bonds is 4. The third-order valence-electron chi connectivity index (χ3n) is 2.86. The highest BCUT2D eigenvalue weighted by atomic mass is 14.7. The Kier molecular flexibility index (Phi) is 3.14. The highest BCUT2D eigenvalue weighted by Gasteiger charge is 2.04. The minimum Gasteiger partial charge on any atom is -0.361 e. The van der Waals surface area contributed by atoms with Gasteiger partial charge in [-0.3, -0.25) is 0 Å². The maximum Gasteiger partial charge on any atom is 0.0457 e. The van der Waals surface area contributed by atoms with Gasteiger partial charge < -0.3 is 4.98 Å². The van der Waals surface area contributed by atoms with Crippen LogP contribution in [0, 0.1) is 0 Å². The Morgan fingerprint density at radius 1 is 1.38 bits per heavy atom. The standard InChI is InChI=1S/C15H19N/c1-4-5-12-6-7-15-14(9-12)13(10-16-15)8-11(2)3/h6-7,9-10,16H,2,4-5,8H2,1,3H3. The smallest absolute Gasteiger partial charge is 0.0457 e. The van der Waals surface area contributed by atoms with Gasteiger partial charge in [0, 0.05) is 17.1 Å². The van der Waals surface area contributed by atoms with Crippen LogP contribution in [0.4, 0.5) is 0 Å². The van der Waals surface area contributed by atoms with Crippen molar-refractivity contribution >= 4 is 10.9 Å². The predicted molar refractivity (Wildman–Crippen MR) is 70.8 cm³/mol. The summed E-state index contributed by atoms with van der Waals surface area (Å²) in [5.74, 6) is 0. The summed E-state index contributed by atoms with van der Waals surface area (Å²) < 4.78 is 0. The first kappa shape index (κ1) is 11.0. The molecule has 0 aliphatic heterocycles. The number of hydrogen-bond acceptors (Lipinski definition) is 0. The molecule has 1 nitrogen and oxygen atoms in total. The lowest BCUT2D eigenvalue weighted by molar-refractivity contribution is 0.923. The van der Waals surface area contributed by atoms with Crippen LogP contribution in [0.15, 0.2) is 36.5 Å². The van der Waals surface area contributed by atoms with Crippen LogP contribution in [-0.4, -0.2) is 4.98 Å². The Bertz CT molecular complexity index is 505. The number of hydrogen-bond donors (Lipinski definition) is 1. The molecule has 1 aromatic heterocycles. The van der Waals surface area contributed by atoms with Crippen molar-refractivity contribution in [3.05, 3.63) is 47.7 Å². The van der Waals surface area contributed by atoms with Gasteiger partial charge in [0.15, 0.2) is 0 Å². The van der Waals surface area contributed by atoms with Gasteiger partial charge in [-0.2, -0.15) is 0 Å². The molecule has 1 N–H and O–H groups in total. The molecule has 0 aliphatic rings. The molecule has 1 aromatic carbocycles. The minimum absolute atomic E-state index is 0.968. The quantitative estimate of drug-likeness (QED) is 0.731. The number of aromatic amines is 1. The molecule has 1 heterocycles. The minimum atomic E-state index is 0.968. The zero-order chi connectivity index (χ0) is 11.5. The Morgan fingerprint density at radius 2 is 2.19 bits per heavy atom. The molecule has 0 bridgehead atoms. The summed E-state index contributed by atoms with van der Waals surface area (Å²) in [7, 11) is 0. The van der Waals surface area contributed by atoms with Gasteiger partial charge in [0.1, 0.15) is 0 Å². The van der Waals surface area contributed by atoms with E-state index >= 15 is 0 Å². The summed E-state index contributed by atoms with van der Waals surface area (Å²) in [5, 5.41) is 1.36. The van der Waals surface area contributed by atoms with Gasteiger partial charge in [0.25, 0.3) is 0 Å². The van der Waals surface area contributed by atoms with E-state index in [-0.39, 0.29) is 0 Å². The molecule has 0 saturated carbocycles. The van der Waals surface area contributed by atoms with Crippen molar-refractivity contribution in [3.63, 3.8) is 0 Å². The van der Waals surface area contributed by atoms with E-state index in [1.807, 2.05) is 0 Å². The zero-order valence-corrected chi connectivity index (χ0v) is 10.1. The molecule has 0 radical (unpaired) electrons. The van der Waals surface area contributed by atoms with Crippen LogP contribution in [0.5, 0.6) is 0 Å². The van der Waals surface area contributed by atoms with Crippen LogP contribution in [-0.2, 0) is 12.8 Å². The predicted octanol–water partition coefficient (Wildman–Crippen LogP) is 4.24. The summed E-state index contributed by atoms with van der Waals surface area (Å²) >= 11 is 0. The van der Waals surface area contributed by atoms with E-state index in [0.29, 0.717) is 0 Å². The van der Waals surface area contributed by atoms with Crippen molar-refractivity contribution in [2.45, 2.75) is 33.1 Å². The average molecular weight is 213 g/mol. The summed E-state index contributed by atoms with van der Waals surface area (Å²) in [5.41, 5.74) is 5.23. The van der Waals surface area contributed by atoms with Gasteiger partial charge in [-0.15, -0.1) is 0 Å². The van der Waals surface area contributed by atoms with Gasteiger partial charge in [-0.05, 0) is 43.0 Å². The summed E-state index contributed by atoms with van der Waals surface area (Å²) in [6, 6.07) is 6.71. The van der Waals surface area contributed by atoms with E-state index in [9.17, 15) is 0 Å². The average Bonchev–Trinajstić information content (AvgIpc) is 2.61. The second-order valence-electron chi connectivity index (χ2n) is 4.58. The van der Waals surface area contributed by atoms with Crippen molar-refractivity contribution in [1.29, 1.82) is 0 Å². The molecular formula is C15H19N. The molecular weight excluding hydrogens is 194 g/mol. The fourth-order valence-corrected chi connectivity index (χ4v) is 2.14. The molecule has 1 heteroatoms. The molecule has 0 unspecified atom stereocenters. The van der Waals surface area contributed by atoms with E-state index in [4.69, 9.17) is 0 Å². The second-order valence-corrected chi connectivity index (χ2v) is 4.58. The fraction of sp³-hybridized carbons (Fsp3) is 0.333. The van der Waals surface area contributed by atoms with Crippen LogP contribution >= 0.6 is 0 Å². The van der Waals surface area contributed by atoms with E-state index in [0.717, 1.165) is 12.8 Å². The van der Waals surface area contributed by atoms with Crippen molar-refractivity contribution < 1.29 is 0 Å². The maximum atomic E-state index is 3.98. The maximum absolute atomic E-state index is 3.98. The highest BCUT2D eigenvalue weighted by Crippen LogP contribution is 2.22. The van der Waals surface area contributed by atoms with Crippen molar-refractivity contribution in [3.8, 4) is 0 Å². The van der Waals surface area contributed by atoms with E-state index in [2.05, 4.69) is 49.8 Å². The van der Waals surface area contributed by atoms with Gasteiger partial charge in [0.2, 0.25) is 0 Å². The fourth-order valence-electron chi connectivity index (χ4n) is 2.14. The molecule has 2 rings (SSSR count). The SMILES string of the molecule is C=C(C)Cc1c[nH]c2ccc(CCC)cc12. The monoisotopic (exact) mass is 213 g/mol. The Balaban J connectivity index is 2.42. The van der Waals surface area contributed by atoms with Crippen LogP contribution in [0.3, 0.4) is 0 Å². The first-order valence-electron chi connectivity index (χ1n) is 5.94. The second kappa shape index (κ2) is 4.56. The van der Waals surface area contributed by atoms with Crippen LogP contribution in [0.1, 0.15) is 31.4 Å². The number of H-pyrrole nitrogens is 1. The van der Waals surface area contributed by atoms with Gasteiger partial charge in [-0.25, -0.2) is 0 Å². The first-order chi connectivity index (χ1) is 7.70. The van der Waals surface area contributed by atoms with Crippen molar-refractivity contribution in [2.75, 3.05) is 0 Å². The van der Waals surface area contributed by atoms with Crippen LogP contribution < -0.4 is 0 Å². The molecule has 16 heavy (non-hydrogen) atoms. The topological polar surface area (TPSA) is 15.8 Å². The molecule has 2 aromatic rings. The number of aromatic nitrogens is 1. The van der Waals surface area contributed by atoms with E-state index in [1.54, 1.807) is 0 Å². The van der Waals surface area contributed by atoms with Gasteiger partial charge in [-0.1, -0.05) is 31.6 Å². The van der Waals surface area contributed by atoms with Gasteiger partial charge in [0.05, 0.1) is 0 Å². The number of nitrogens with one attached hydrogen (secondary N) is 1. The Labute approximate surface area is 97.2 Å². The highest BCUT2D eigenvalue weighted by molar-refractivity contribution is 5.84. The lowest BCUT2D eigenvalue weighted by Crippen LogP contribution is -1.85. The zero-order valence-electron chi connectivity index (χ0n) is 10.1. The third-order valence-corrected chi connectivity index (χ3v) is 2.86. The molecule has 0 atom stereocenters. The number of fused-ring (bicyclic) bond motifs is 1. The lowest BCUT2D eigenvalue weighted by Gasteiger charge is -2.01. The van der Waals surface area contributed by atoms with E-state index in [1.165, 1.54) is 34.0 Å². The Hall–Kier alpha value is -1.50. The summed E-state index contributed by atoms with van der Waals surface area (Å²) in [6.07, 6.45) is 5.43. The molecule has 0 amide bonds. The molecule has 0 saturated heterocycles. The summed E-state index contributed by atoms with van der Waals surface area (Å²) in [4.78, 5) is 3.32. The third kappa shape index (κ3) is 2.19. The Morgan fingerprint density at radius 3 is 2.88 bits per heavy atom. The number of allylic oxidation sites excluding steroid dienone is 1. The van der Waals surface area contributed by atoms with Crippen molar-refractivity contribution in [2.24, 2.45) is 0 Å². The summed E-state index contributed by atoms with van der Waals surface area (Å²) in [6.45, 7) is 8.28. The van der Waals surface area contributed by atoms with Crippen LogP contribution in [0.2, 0.25) is 0 Å². The first-order valence-corrected chi connectivity index (χ1v) is 5.94. The normalized spacial score (nSPS) is 10.9. The number of benzene rings is 1. The lowest BCUT2D eigenvalue weighted by atomic mass is 10.0.